The van der Waals surface area contributed by atoms with Crippen molar-refractivity contribution in [3.8, 4) is 5.69 Å². The Morgan fingerprint density at radius 2 is 2.00 bits per heavy atom. The number of hydrogen-bond donors (Lipinski definition) is 1. The molecule has 0 radical (unpaired) electrons. The zero-order chi connectivity index (χ0) is 18.6. The van der Waals surface area contributed by atoms with E-state index in [1.807, 2.05) is 39.1 Å². The highest BCUT2D eigenvalue weighted by atomic mass is 16.7. The monoisotopic (exact) mass is 359 g/mol. The van der Waals surface area contributed by atoms with E-state index < -0.39 is 0 Å². The molecule has 0 saturated carbocycles. The molecule has 26 heavy (non-hydrogen) atoms. The number of nitrogens with zero attached hydrogens (tertiary/aromatic N) is 6. The molecule has 140 valence electrons. The van der Waals surface area contributed by atoms with Gasteiger partial charge in [0.25, 0.3) is 0 Å². The number of hydrazine groups is 1. The van der Waals surface area contributed by atoms with E-state index in [9.17, 15) is 5.21 Å². The molecule has 0 bridgehead atoms. The van der Waals surface area contributed by atoms with E-state index >= 15 is 0 Å². The first-order valence-corrected chi connectivity index (χ1v) is 8.74. The first-order chi connectivity index (χ1) is 12.4. The molecule has 3 rings (SSSR count). The fourth-order valence-electron chi connectivity index (χ4n) is 2.81. The fourth-order valence-corrected chi connectivity index (χ4v) is 2.81. The average Bonchev–Trinajstić information content (AvgIpc) is 3.14. The fraction of sp³-hybridized carbons (Fsp3) is 0.529. The first-order valence-electron chi connectivity index (χ1n) is 8.74. The van der Waals surface area contributed by atoms with Crippen molar-refractivity contribution in [2.75, 3.05) is 18.0 Å². The lowest BCUT2D eigenvalue weighted by molar-refractivity contribution is -0.626. The van der Waals surface area contributed by atoms with Gasteiger partial charge in [-0.2, -0.15) is 5.43 Å². The Balaban J connectivity index is 1.54. The van der Waals surface area contributed by atoms with Gasteiger partial charge in [-0.3, -0.25) is 0 Å². The quantitative estimate of drug-likeness (QED) is 0.501. The predicted octanol–water partition coefficient (Wildman–Crippen LogP) is 2.43. The van der Waals surface area contributed by atoms with Crippen LogP contribution in [0.25, 0.3) is 5.69 Å². The number of nitrogens with one attached hydrogen (secondary N) is 1. The second-order valence-electron chi connectivity index (χ2n) is 7.38. The molecule has 2 heterocycles. The van der Waals surface area contributed by atoms with E-state index in [1.54, 1.807) is 10.9 Å². The summed E-state index contributed by atoms with van der Waals surface area (Å²) in [6.07, 6.45) is 5.04. The van der Waals surface area contributed by atoms with Gasteiger partial charge >= 0.3 is 0 Å². The van der Waals surface area contributed by atoms with Crippen LogP contribution >= 0.6 is 0 Å². The number of piperidine rings is 1. The largest absolute Gasteiger partial charge is 0.569 e. The van der Waals surface area contributed by atoms with Crippen LogP contribution in [0, 0.1) is 5.21 Å². The summed E-state index contributed by atoms with van der Waals surface area (Å²) in [5, 5.41) is 23.1. The second-order valence-corrected chi connectivity index (χ2v) is 7.38. The topological polar surface area (TPSA) is 93.6 Å². The van der Waals surface area contributed by atoms with Gasteiger partial charge < -0.3 is 14.9 Å². The molecule has 9 nitrogen and oxygen atoms in total. The summed E-state index contributed by atoms with van der Waals surface area (Å²) in [7, 11) is 0. The highest BCUT2D eigenvalue weighted by molar-refractivity contribution is 5.53. The maximum Gasteiger partial charge on any atom is 0.233 e. The number of rotatable bonds is 5. The standard InChI is InChI=1S/C17H25N7O2/c1-17(2,3)19-24(25)21-26-16-7-10-22(11-8-16)14-5-4-6-15(13-14)23-12-9-18-20-23/h4-6,9,12-13,16H,7-8,10-11H2,1-3H3,(H,19,21). The van der Waals surface area contributed by atoms with Gasteiger partial charge in [0.2, 0.25) is 5.28 Å². The lowest BCUT2D eigenvalue weighted by Crippen LogP contribution is -2.41. The van der Waals surface area contributed by atoms with Crippen molar-refractivity contribution in [2.24, 2.45) is 5.28 Å². The molecule has 1 aromatic heterocycles. The lowest BCUT2D eigenvalue weighted by atomic mass is 10.1. The maximum absolute atomic E-state index is 11.6. The van der Waals surface area contributed by atoms with E-state index in [2.05, 4.69) is 38.0 Å². The molecule has 1 aliphatic heterocycles. The third kappa shape index (κ3) is 4.84. The zero-order valence-electron chi connectivity index (χ0n) is 15.4. The predicted molar refractivity (Wildman–Crippen MR) is 96.6 cm³/mol. The van der Waals surface area contributed by atoms with Crippen LogP contribution in [0.3, 0.4) is 0 Å². The number of aromatic nitrogens is 3. The SMILES string of the molecule is CC(C)(C)N/[N+]([O-])=N/OC1CCN(c2cccc(-n3ccnn3)c2)CC1. The molecular weight excluding hydrogens is 334 g/mol. The Morgan fingerprint density at radius 1 is 1.27 bits per heavy atom. The highest BCUT2D eigenvalue weighted by Crippen LogP contribution is 2.23. The van der Waals surface area contributed by atoms with Crippen molar-refractivity contribution in [1.29, 1.82) is 0 Å². The normalized spacial score (nSPS) is 16.6. The smallest absolute Gasteiger partial charge is 0.233 e. The maximum atomic E-state index is 11.6. The van der Waals surface area contributed by atoms with E-state index in [0.29, 0.717) is 4.97 Å². The Kier molecular flexibility index (Phi) is 5.24. The van der Waals surface area contributed by atoms with Gasteiger partial charge in [0, 0.05) is 31.6 Å². The minimum atomic E-state index is -0.354. The minimum Gasteiger partial charge on any atom is -0.569 e. The van der Waals surface area contributed by atoms with Crippen molar-refractivity contribution >= 4 is 5.69 Å². The molecular formula is C17H25N7O2. The Bertz CT molecular complexity index is 732. The van der Waals surface area contributed by atoms with Crippen molar-refractivity contribution in [3.63, 3.8) is 0 Å². The van der Waals surface area contributed by atoms with Crippen molar-refractivity contribution in [3.05, 3.63) is 41.9 Å². The van der Waals surface area contributed by atoms with Gasteiger partial charge in [-0.05, 0) is 39.0 Å². The molecule has 2 aromatic rings. The summed E-state index contributed by atoms with van der Waals surface area (Å²) < 4.78 is 1.74. The number of anilines is 1. The number of hydrogen-bond acceptors (Lipinski definition) is 6. The van der Waals surface area contributed by atoms with Crippen LogP contribution < -0.4 is 10.3 Å². The van der Waals surface area contributed by atoms with Gasteiger partial charge in [-0.15, -0.1) is 5.10 Å². The van der Waals surface area contributed by atoms with Crippen molar-refractivity contribution in [1.82, 2.24) is 20.4 Å². The summed E-state index contributed by atoms with van der Waals surface area (Å²) in [6.45, 7) is 7.34. The molecule has 1 aromatic carbocycles. The van der Waals surface area contributed by atoms with Gasteiger partial charge in [0.15, 0.2) is 0 Å². The molecule has 1 aliphatic rings. The van der Waals surface area contributed by atoms with Gasteiger partial charge in [-0.25, -0.2) is 4.68 Å². The van der Waals surface area contributed by atoms with E-state index in [1.165, 1.54) is 0 Å². The van der Waals surface area contributed by atoms with E-state index in [4.69, 9.17) is 4.84 Å². The van der Waals surface area contributed by atoms with Crippen LogP contribution in [0.1, 0.15) is 33.6 Å². The molecule has 0 atom stereocenters. The van der Waals surface area contributed by atoms with Crippen molar-refractivity contribution in [2.45, 2.75) is 45.3 Å². The summed E-state index contributed by atoms with van der Waals surface area (Å²) in [5.41, 5.74) is 4.43. The first kappa shape index (κ1) is 18.0. The summed E-state index contributed by atoms with van der Waals surface area (Å²) in [6, 6.07) is 8.18. The van der Waals surface area contributed by atoms with Crippen LogP contribution in [-0.2, 0) is 4.84 Å². The van der Waals surface area contributed by atoms with Crippen molar-refractivity contribution < 1.29 is 9.81 Å². The molecule has 0 amide bonds. The molecule has 0 unspecified atom stereocenters. The summed E-state index contributed by atoms with van der Waals surface area (Å²) >= 11 is 0. The van der Waals surface area contributed by atoms with Crippen LogP contribution in [-0.4, -0.2) is 44.7 Å². The number of benzene rings is 1. The second kappa shape index (κ2) is 7.59. The lowest BCUT2D eigenvalue weighted by Gasteiger charge is -2.32. The third-order valence-corrected chi connectivity index (χ3v) is 4.03. The molecule has 0 aliphatic carbocycles. The van der Waals surface area contributed by atoms with Crippen LogP contribution in [0.4, 0.5) is 5.69 Å². The average molecular weight is 359 g/mol. The van der Waals surface area contributed by atoms with E-state index in [-0.39, 0.29) is 11.6 Å². The zero-order valence-corrected chi connectivity index (χ0v) is 15.4. The highest BCUT2D eigenvalue weighted by Gasteiger charge is 2.22. The molecule has 0 spiro atoms. The van der Waals surface area contributed by atoms with Gasteiger partial charge in [0.05, 0.1) is 28.6 Å². The minimum absolute atomic E-state index is 0.0528. The summed E-state index contributed by atoms with van der Waals surface area (Å²) in [5.74, 6) is 0. The molecule has 1 N–H and O–H groups in total. The van der Waals surface area contributed by atoms with Crippen LogP contribution in [0.5, 0.6) is 0 Å². The molecule has 1 fully saturated rings. The Hall–Kier alpha value is -2.84. The Morgan fingerprint density at radius 3 is 2.65 bits per heavy atom. The van der Waals surface area contributed by atoms with Crippen LogP contribution in [0.2, 0.25) is 0 Å². The Labute approximate surface area is 152 Å². The van der Waals surface area contributed by atoms with E-state index in [0.717, 1.165) is 37.3 Å². The molecule has 1 saturated heterocycles. The third-order valence-electron chi connectivity index (χ3n) is 4.03. The molecule has 9 heteroatoms. The van der Waals surface area contributed by atoms with Gasteiger partial charge in [-0.1, -0.05) is 11.3 Å². The summed E-state index contributed by atoms with van der Waals surface area (Å²) in [4.78, 5) is 8.08. The van der Waals surface area contributed by atoms with Crippen LogP contribution in [0.15, 0.2) is 41.9 Å². The van der Waals surface area contributed by atoms with Gasteiger partial charge in [0.1, 0.15) is 6.10 Å².